The predicted molar refractivity (Wildman–Crippen MR) is 97.6 cm³/mol. The quantitative estimate of drug-likeness (QED) is 0.578. The van der Waals surface area contributed by atoms with Crippen LogP contribution in [-0.2, 0) is 0 Å². The molecule has 1 atom stereocenters. The molecule has 0 radical (unpaired) electrons. The summed E-state index contributed by atoms with van der Waals surface area (Å²) in [4.78, 5) is 4.40. The Labute approximate surface area is 133 Å². The normalized spacial score (nSPS) is 20.3. The number of fused-ring (bicyclic) bond motifs is 2. The van der Waals surface area contributed by atoms with Crippen LogP contribution in [0.15, 0.2) is 70.9 Å². The Morgan fingerprint density at radius 1 is 0.826 bits per heavy atom. The molecule has 0 amide bonds. The number of allylic oxidation sites excluding steroid dienone is 4. The lowest BCUT2D eigenvalue weighted by molar-refractivity contribution is 0.954. The SMILES string of the molecule is C1=Cc2c3c(c4cccc5cccc2c54)=CC=C2C=NC=C1C23. The highest BCUT2D eigenvalue weighted by Crippen LogP contribution is 2.43. The van der Waals surface area contributed by atoms with Crippen molar-refractivity contribution < 1.29 is 0 Å². The van der Waals surface area contributed by atoms with E-state index in [4.69, 9.17) is 0 Å². The Balaban J connectivity index is 1.95. The molecule has 0 saturated carbocycles. The summed E-state index contributed by atoms with van der Waals surface area (Å²) in [7, 11) is 0. The van der Waals surface area contributed by atoms with Crippen LogP contribution in [0.2, 0.25) is 0 Å². The number of hydrogen-bond donors (Lipinski definition) is 0. The Hall–Kier alpha value is -2.93. The minimum absolute atomic E-state index is 0.344. The van der Waals surface area contributed by atoms with Gasteiger partial charge in [0.1, 0.15) is 0 Å². The van der Waals surface area contributed by atoms with Crippen molar-refractivity contribution in [1.82, 2.24) is 0 Å². The topological polar surface area (TPSA) is 12.4 Å². The van der Waals surface area contributed by atoms with E-state index in [1.54, 1.807) is 0 Å². The third kappa shape index (κ3) is 1.31. The first-order chi connectivity index (χ1) is 11.4. The zero-order valence-electron chi connectivity index (χ0n) is 12.5. The molecular formula is C22H13N. The van der Waals surface area contributed by atoms with Crippen LogP contribution in [0.4, 0.5) is 0 Å². The summed E-state index contributed by atoms with van der Waals surface area (Å²) in [5.41, 5.74) is 5.43. The summed E-state index contributed by atoms with van der Waals surface area (Å²) in [5.74, 6) is 0.344. The van der Waals surface area contributed by atoms with Gasteiger partial charge in [0.05, 0.1) is 0 Å². The smallest absolute Gasteiger partial charge is 0.0382 e. The first kappa shape index (κ1) is 11.6. The summed E-state index contributed by atoms with van der Waals surface area (Å²) in [6, 6.07) is 13.3. The number of nitrogens with zero attached hydrogens (tertiary/aromatic N) is 1. The van der Waals surface area contributed by atoms with Crippen molar-refractivity contribution in [3.8, 4) is 0 Å². The maximum absolute atomic E-state index is 4.40. The van der Waals surface area contributed by atoms with Crippen molar-refractivity contribution in [3.05, 3.63) is 82.2 Å². The van der Waals surface area contributed by atoms with Gasteiger partial charge in [-0.05, 0) is 49.0 Å². The van der Waals surface area contributed by atoms with E-state index in [0.717, 1.165) is 0 Å². The molecule has 0 aromatic heterocycles. The standard InChI is InChI=1S/C22H13N/c1-3-13-4-2-6-17-19-10-8-15-12-23-11-14-7-9-18(22(19)20(14)15)16(5-1)21(13)17/h1-12,20H. The Kier molecular flexibility index (Phi) is 1.96. The van der Waals surface area contributed by atoms with E-state index in [1.165, 1.54) is 49.0 Å². The monoisotopic (exact) mass is 291 g/mol. The van der Waals surface area contributed by atoms with Crippen molar-refractivity contribution in [3.63, 3.8) is 0 Å². The fourth-order valence-corrected chi connectivity index (χ4v) is 4.42. The highest BCUT2D eigenvalue weighted by Gasteiger charge is 2.30. The maximum atomic E-state index is 4.40. The molecule has 1 heterocycles. The van der Waals surface area contributed by atoms with Crippen LogP contribution in [0.3, 0.4) is 0 Å². The highest BCUT2D eigenvalue weighted by molar-refractivity contribution is 6.14. The van der Waals surface area contributed by atoms with Crippen molar-refractivity contribution in [2.24, 2.45) is 4.99 Å². The van der Waals surface area contributed by atoms with Crippen molar-refractivity contribution in [2.75, 3.05) is 0 Å². The van der Waals surface area contributed by atoms with Crippen LogP contribution in [0.5, 0.6) is 0 Å². The summed E-state index contributed by atoms with van der Waals surface area (Å²) in [6.45, 7) is 0. The average molecular weight is 291 g/mol. The molecule has 1 heteroatoms. The Bertz CT molecular complexity index is 1200. The van der Waals surface area contributed by atoms with Crippen molar-refractivity contribution in [1.29, 1.82) is 0 Å². The Morgan fingerprint density at radius 3 is 2.61 bits per heavy atom. The molecule has 1 aliphatic heterocycles. The zero-order valence-corrected chi connectivity index (χ0v) is 12.5. The van der Waals surface area contributed by atoms with Crippen molar-refractivity contribution in [2.45, 2.75) is 5.92 Å². The van der Waals surface area contributed by atoms with Crippen LogP contribution in [0.1, 0.15) is 17.0 Å². The molecule has 0 bridgehead atoms. The van der Waals surface area contributed by atoms with Crippen LogP contribution in [-0.4, -0.2) is 6.21 Å². The Morgan fingerprint density at radius 2 is 1.70 bits per heavy atom. The van der Waals surface area contributed by atoms with Gasteiger partial charge in [0.15, 0.2) is 0 Å². The second-order valence-electron chi connectivity index (χ2n) is 6.46. The number of aliphatic imine (C=N–C) groups is 1. The zero-order chi connectivity index (χ0) is 15.0. The molecule has 3 aliphatic rings. The third-order valence-electron chi connectivity index (χ3n) is 5.35. The van der Waals surface area contributed by atoms with Gasteiger partial charge >= 0.3 is 0 Å². The van der Waals surface area contributed by atoms with E-state index in [1.807, 2.05) is 12.4 Å². The number of rotatable bonds is 0. The largest absolute Gasteiger partial charge is 0.264 e. The number of hydrogen-bond acceptors (Lipinski definition) is 1. The van der Waals surface area contributed by atoms with Crippen LogP contribution in [0.25, 0.3) is 33.7 Å². The molecule has 0 spiro atoms. The average Bonchev–Trinajstić information content (AvgIpc) is 2.62. The second-order valence-corrected chi connectivity index (χ2v) is 6.46. The van der Waals surface area contributed by atoms with Crippen LogP contribution < -0.4 is 5.22 Å². The second kappa shape index (κ2) is 3.88. The van der Waals surface area contributed by atoms with Gasteiger partial charge in [0.2, 0.25) is 0 Å². The van der Waals surface area contributed by atoms with Gasteiger partial charge < -0.3 is 0 Å². The summed E-state index contributed by atoms with van der Waals surface area (Å²) >= 11 is 0. The molecule has 6 rings (SSSR count). The van der Waals surface area contributed by atoms with Crippen molar-refractivity contribution >= 4 is 39.9 Å². The van der Waals surface area contributed by atoms with E-state index in [2.05, 4.69) is 65.7 Å². The molecule has 106 valence electrons. The predicted octanol–water partition coefficient (Wildman–Crippen LogP) is 4.51. The molecule has 3 aromatic rings. The fraction of sp³-hybridized carbons (Fsp3) is 0.0455. The maximum Gasteiger partial charge on any atom is 0.0382 e. The molecule has 1 unspecified atom stereocenters. The van der Waals surface area contributed by atoms with E-state index in [9.17, 15) is 0 Å². The van der Waals surface area contributed by atoms with E-state index in [0.29, 0.717) is 5.92 Å². The van der Waals surface area contributed by atoms with E-state index >= 15 is 0 Å². The molecule has 0 saturated heterocycles. The van der Waals surface area contributed by atoms with Gasteiger partial charge in [-0.15, -0.1) is 0 Å². The minimum Gasteiger partial charge on any atom is -0.264 e. The molecule has 3 aromatic carbocycles. The summed E-state index contributed by atoms with van der Waals surface area (Å²) in [6.07, 6.45) is 13.0. The highest BCUT2D eigenvalue weighted by atomic mass is 14.7. The van der Waals surface area contributed by atoms with Gasteiger partial charge in [0, 0.05) is 18.3 Å². The minimum atomic E-state index is 0.344. The third-order valence-corrected chi connectivity index (χ3v) is 5.35. The molecule has 2 aliphatic carbocycles. The lowest BCUT2D eigenvalue weighted by atomic mass is 9.73. The lowest BCUT2D eigenvalue weighted by Gasteiger charge is -2.31. The molecule has 0 N–H and O–H groups in total. The lowest BCUT2D eigenvalue weighted by Crippen LogP contribution is -2.25. The summed E-state index contributed by atoms with van der Waals surface area (Å²) < 4.78 is 0. The van der Waals surface area contributed by atoms with Gasteiger partial charge in [-0.25, -0.2) is 0 Å². The first-order valence-electron chi connectivity index (χ1n) is 8.02. The van der Waals surface area contributed by atoms with E-state index in [-0.39, 0.29) is 0 Å². The number of benzene rings is 3. The van der Waals surface area contributed by atoms with E-state index < -0.39 is 0 Å². The van der Waals surface area contributed by atoms with Gasteiger partial charge in [0.25, 0.3) is 0 Å². The molecule has 1 nitrogen and oxygen atoms in total. The molecule has 0 fully saturated rings. The molecule has 23 heavy (non-hydrogen) atoms. The van der Waals surface area contributed by atoms with Gasteiger partial charge in [-0.1, -0.05) is 60.7 Å². The molecular weight excluding hydrogens is 278 g/mol. The first-order valence-corrected chi connectivity index (χ1v) is 8.02. The van der Waals surface area contributed by atoms with Crippen LogP contribution in [0, 0.1) is 0 Å². The summed E-state index contributed by atoms with van der Waals surface area (Å²) in [5, 5.41) is 6.82. The van der Waals surface area contributed by atoms with Gasteiger partial charge in [-0.3, -0.25) is 4.99 Å². The van der Waals surface area contributed by atoms with Gasteiger partial charge in [-0.2, -0.15) is 0 Å². The van der Waals surface area contributed by atoms with Crippen LogP contribution >= 0.6 is 0 Å². The fourth-order valence-electron chi connectivity index (χ4n) is 4.42.